The van der Waals surface area contributed by atoms with E-state index in [1.165, 1.54) is 11.3 Å². The second-order valence-corrected chi connectivity index (χ2v) is 8.79. The molecule has 0 spiro atoms. The second kappa shape index (κ2) is 8.53. The average molecular weight is 367 g/mol. The number of sulfonamides is 1. The summed E-state index contributed by atoms with van der Waals surface area (Å²) in [6.07, 6.45) is 3.03. The van der Waals surface area contributed by atoms with Crippen LogP contribution >= 0.6 is 11.3 Å². The van der Waals surface area contributed by atoms with Crippen molar-refractivity contribution in [2.24, 2.45) is 0 Å². The van der Waals surface area contributed by atoms with Gasteiger partial charge in [0.1, 0.15) is 4.21 Å². The van der Waals surface area contributed by atoms with Crippen molar-refractivity contribution in [3.05, 3.63) is 41.3 Å². The molecule has 0 bridgehead atoms. The van der Waals surface area contributed by atoms with Crippen LogP contribution in [0.25, 0.3) is 0 Å². The summed E-state index contributed by atoms with van der Waals surface area (Å²) < 4.78 is 27.9. The molecule has 0 radical (unpaired) electrons. The largest absolute Gasteiger partial charge is 0.372 e. The molecule has 2 rings (SSSR count). The first-order valence-corrected chi connectivity index (χ1v) is 10.8. The maximum Gasteiger partial charge on any atom is 0.271 e. The smallest absolute Gasteiger partial charge is 0.271 e. The molecule has 0 atom stereocenters. The van der Waals surface area contributed by atoms with E-state index >= 15 is 0 Å². The van der Waals surface area contributed by atoms with Gasteiger partial charge in [0.15, 0.2) is 0 Å². The van der Waals surface area contributed by atoms with E-state index in [1.54, 1.807) is 6.07 Å². The Morgan fingerprint density at radius 3 is 2.08 bits per heavy atom. The Bertz CT molecular complexity index is 731. The Morgan fingerprint density at radius 1 is 0.958 bits per heavy atom. The molecule has 0 unspecified atom stereocenters. The number of hydrogen-bond donors (Lipinski definition) is 1. The molecule has 1 N–H and O–H groups in total. The van der Waals surface area contributed by atoms with E-state index < -0.39 is 10.0 Å². The maximum atomic E-state index is 12.4. The number of hydrogen-bond acceptors (Lipinski definition) is 4. The molecule has 0 aliphatic carbocycles. The lowest BCUT2D eigenvalue weighted by Crippen LogP contribution is -2.24. The quantitative estimate of drug-likeness (QED) is 0.697. The third kappa shape index (κ3) is 4.74. The van der Waals surface area contributed by atoms with E-state index in [0.29, 0.717) is 9.90 Å². The zero-order valence-electron chi connectivity index (χ0n) is 14.6. The van der Waals surface area contributed by atoms with Gasteiger partial charge in [0.25, 0.3) is 10.0 Å². The minimum absolute atomic E-state index is 0.363. The number of anilines is 2. The van der Waals surface area contributed by atoms with Crippen LogP contribution in [0, 0.1) is 0 Å². The van der Waals surface area contributed by atoms with Crippen molar-refractivity contribution in [1.82, 2.24) is 0 Å². The van der Waals surface area contributed by atoms with Crippen LogP contribution < -0.4 is 9.62 Å². The van der Waals surface area contributed by atoms with E-state index in [4.69, 9.17) is 0 Å². The SMILES string of the molecule is CCCN(CCC)c1ccc(NS(=O)(=O)c2ccc(CC)s2)cc1. The molecule has 1 heterocycles. The Kier molecular flexibility index (Phi) is 6.69. The Morgan fingerprint density at radius 2 is 1.58 bits per heavy atom. The van der Waals surface area contributed by atoms with E-state index in [2.05, 4.69) is 23.5 Å². The van der Waals surface area contributed by atoms with Gasteiger partial charge in [-0.05, 0) is 55.7 Å². The Labute approximate surface area is 149 Å². The number of aryl methyl sites for hydroxylation is 1. The van der Waals surface area contributed by atoms with Crippen LogP contribution in [-0.2, 0) is 16.4 Å². The van der Waals surface area contributed by atoms with Gasteiger partial charge in [0.2, 0.25) is 0 Å². The van der Waals surface area contributed by atoms with Crippen molar-refractivity contribution < 1.29 is 8.42 Å². The zero-order chi connectivity index (χ0) is 17.6. The Balaban J connectivity index is 2.12. The number of rotatable bonds is 9. The highest BCUT2D eigenvalue weighted by Gasteiger charge is 2.16. The van der Waals surface area contributed by atoms with Crippen LogP contribution in [0.2, 0.25) is 0 Å². The summed E-state index contributed by atoms with van der Waals surface area (Å²) in [6, 6.07) is 11.2. The molecule has 6 heteroatoms. The summed E-state index contributed by atoms with van der Waals surface area (Å²) in [4.78, 5) is 3.39. The molecule has 1 aromatic carbocycles. The van der Waals surface area contributed by atoms with Crippen LogP contribution in [0.5, 0.6) is 0 Å². The molecule has 132 valence electrons. The lowest BCUT2D eigenvalue weighted by atomic mass is 10.2. The number of nitrogens with zero attached hydrogens (tertiary/aromatic N) is 1. The van der Waals surface area contributed by atoms with Gasteiger partial charge < -0.3 is 4.90 Å². The maximum absolute atomic E-state index is 12.4. The number of benzene rings is 1. The molecule has 0 fully saturated rings. The minimum Gasteiger partial charge on any atom is -0.372 e. The molecule has 24 heavy (non-hydrogen) atoms. The highest BCUT2D eigenvalue weighted by Crippen LogP contribution is 2.25. The van der Waals surface area contributed by atoms with Gasteiger partial charge in [-0.3, -0.25) is 4.72 Å². The summed E-state index contributed by atoms with van der Waals surface area (Å²) >= 11 is 1.32. The van der Waals surface area contributed by atoms with Crippen molar-refractivity contribution in [3.8, 4) is 0 Å². The second-order valence-electron chi connectivity index (χ2n) is 5.71. The van der Waals surface area contributed by atoms with E-state index in [9.17, 15) is 8.42 Å². The van der Waals surface area contributed by atoms with Gasteiger partial charge in [0, 0.05) is 29.3 Å². The fourth-order valence-electron chi connectivity index (χ4n) is 2.55. The van der Waals surface area contributed by atoms with E-state index in [0.717, 1.165) is 42.9 Å². The molecule has 0 aliphatic heterocycles. The normalized spacial score (nSPS) is 11.5. The number of nitrogens with one attached hydrogen (secondary N) is 1. The summed E-state index contributed by atoms with van der Waals surface area (Å²) in [6.45, 7) is 8.36. The molecule has 0 saturated heterocycles. The first-order chi connectivity index (χ1) is 11.5. The third-order valence-electron chi connectivity index (χ3n) is 3.72. The molecule has 4 nitrogen and oxygen atoms in total. The highest BCUT2D eigenvalue weighted by molar-refractivity contribution is 7.94. The highest BCUT2D eigenvalue weighted by atomic mass is 32.2. The van der Waals surface area contributed by atoms with E-state index in [-0.39, 0.29) is 0 Å². The fraction of sp³-hybridized carbons (Fsp3) is 0.444. The first-order valence-electron chi connectivity index (χ1n) is 8.46. The van der Waals surface area contributed by atoms with Gasteiger partial charge in [-0.2, -0.15) is 0 Å². The molecular weight excluding hydrogens is 340 g/mol. The lowest BCUT2D eigenvalue weighted by molar-refractivity contribution is 0.603. The Hall–Kier alpha value is -1.53. The predicted octanol–water partition coefficient (Wildman–Crippen LogP) is 4.74. The predicted molar refractivity (Wildman–Crippen MR) is 104 cm³/mol. The van der Waals surface area contributed by atoms with Gasteiger partial charge in [-0.1, -0.05) is 20.8 Å². The van der Waals surface area contributed by atoms with Gasteiger partial charge in [-0.25, -0.2) is 8.42 Å². The monoisotopic (exact) mass is 366 g/mol. The van der Waals surface area contributed by atoms with Crippen molar-refractivity contribution in [2.75, 3.05) is 22.7 Å². The topological polar surface area (TPSA) is 49.4 Å². The molecule has 0 saturated carbocycles. The molecule has 0 amide bonds. The fourth-order valence-corrected chi connectivity index (χ4v) is 4.90. The lowest BCUT2D eigenvalue weighted by Gasteiger charge is -2.24. The van der Waals surface area contributed by atoms with Crippen molar-refractivity contribution in [1.29, 1.82) is 0 Å². The van der Waals surface area contributed by atoms with Crippen LogP contribution in [0.3, 0.4) is 0 Å². The molecular formula is C18H26N2O2S2. The third-order valence-corrected chi connectivity index (χ3v) is 6.82. The van der Waals surface area contributed by atoms with Gasteiger partial charge in [0.05, 0.1) is 0 Å². The van der Waals surface area contributed by atoms with Crippen LogP contribution in [0.4, 0.5) is 11.4 Å². The van der Waals surface area contributed by atoms with Gasteiger partial charge in [-0.15, -0.1) is 11.3 Å². The summed E-state index contributed by atoms with van der Waals surface area (Å²) in [5, 5.41) is 0. The summed E-state index contributed by atoms with van der Waals surface area (Å²) in [7, 11) is -3.50. The molecule has 0 aliphatic rings. The summed E-state index contributed by atoms with van der Waals surface area (Å²) in [5.74, 6) is 0. The van der Waals surface area contributed by atoms with Gasteiger partial charge >= 0.3 is 0 Å². The average Bonchev–Trinajstić information content (AvgIpc) is 3.05. The van der Waals surface area contributed by atoms with Crippen molar-refractivity contribution in [3.63, 3.8) is 0 Å². The van der Waals surface area contributed by atoms with Crippen LogP contribution in [0.1, 0.15) is 38.5 Å². The number of thiophene rings is 1. The summed E-state index contributed by atoms with van der Waals surface area (Å²) in [5.41, 5.74) is 1.73. The molecule has 1 aromatic heterocycles. The van der Waals surface area contributed by atoms with Crippen molar-refractivity contribution in [2.45, 2.75) is 44.2 Å². The van der Waals surface area contributed by atoms with E-state index in [1.807, 2.05) is 37.3 Å². The first kappa shape index (κ1) is 18.8. The molecule has 2 aromatic rings. The van der Waals surface area contributed by atoms with Crippen LogP contribution in [-0.4, -0.2) is 21.5 Å². The van der Waals surface area contributed by atoms with Crippen LogP contribution in [0.15, 0.2) is 40.6 Å². The van der Waals surface area contributed by atoms with Crippen molar-refractivity contribution >= 4 is 32.7 Å². The minimum atomic E-state index is -3.50. The zero-order valence-corrected chi connectivity index (χ0v) is 16.2. The standard InChI is InChI=1S/C18H26N2O2S2/c1-4-13-20(14-5-2)16-9-7-15(8-10-16)19-24(21,22)18-12-11-17(6-3)23-18/h7-12,19H,4-6,13-14H2,1-3H3.